The van der Waals surface area contributed by atoms with Crippen molar-refractivity contribution in [2.75, 3.05) is 18.2 Å². The van der Waals surface area contributed by atoms with E-state index in [-0.39, 0.29) is 33.7 Å². The van der Waals surface area contributed by atoms with Crippen LogP contribution < -0.4 is 20.5 Å². The van der Waals surface area contributed by atoms with Gasteiger partial charge < -0.3 is 20.5 Å². The number of H-pyrrole nitrogens is 1. The number of aryl methyl sites for hydroxylation is 1. The standard InChI is InChI=1S/C20H18ClF4N5O3/c1-8-16(17(21)30-29-8)28-19(31)11-6-12(22)10(7-15(11)33-9(2)20(23,24)25)13-4-5-14(32-3)18(26)27-13/h4-7,9H,1-3H3,(H2,26,27)(H,28,31)(H,29,30). The van der Waals surface area contributed by atoms with Crippen molar-refractivity contribution in [2.45, 2.75) is 26.1 Å². The van der Waals surface area contributed by atoms with Crippen LogP contribution in [0.2, 0.25) is 5.15 Å². The Morgan fingerprint density at radius 2 is 1.97 bits per heavy atom. The normalized spacial score (nSPS) is 12.4. The van der Waals surface area contributed by atoms with E-state index in [0.29, 0.717) is 5.69 Å². The van der Waals surface area contributed by atoms with Crippen molar-refractivity contribution in [1.29, 1.82) is 0 Å². The maximum Gasteiger partial charge on any atom is 0.425 e. The smallest absolute Gasteiger partial charge is 0.425 e. The van der Waals surface area contributed by atoms with Crippen LogP contribution in [0.25, 0.3) is 11.3 Å². The number of alkyl halides is 3. The van der Waals surface area contributed by atoms with Gasteiger partial charge in [0, 0.05) is 5.56 Å². The van der Waals surface area contributed by atoms with Gasteiger partial charge in [-0.25, -0.2) is 9.37 Å². The molecule has 0 saturated heterocycles. The Balaban J connectivity index is 2.09. The number of hydrogen-bond acceptors (Lipinski definition) is 6. The van der Waals surface area contributed by atoms with Crippen LogP contribution in [-0.2, 0) is 0 Å². The number of nitrogens with one attached hydrogen (secondary N) is 2. The molecule has 1 unspecified atom stereocenters. The second-order valence-corrected chi connectivity index (χ2v) is 7.24. The summed E-state index contributed by atoms with van der Waals surface area (Å²) in [6.07, 6.45) is -7.04. The molecule has 0 fully saturated rings. The largest absolute Gasteiger partial charge is 0.493 e. The van der Waals surface area contributed by atoms with E-state index in [1.54, 1.807) is 0 Å². The minimum absolute atomic E-state index is 0.00371. The van der Waals surface area contributed by atoms with E-state index in [9.17, 15) is 22.4 Å². The molecule has 13 heteroatoms. The Kier molecular flexibility index (Phi) is 6.68. The summed E-state index contributed by atoms with van der Waals surface area (Å²) < 4.78 is 64.4. The molecule has 8 nitrogen and oxygen atoms in total. The van der Waals surface area contributed by atoms with Crippen molar-refractivity contribution >= 4 is 29.0 Å². The minimum Gasteiger partial charge on any atom is -0.493 e. The molecule has 0 radical (unpaired) electrons. The number of anilines is 2. The first-order chi connectivity index (χ1) is 15.4. The van der Waals surface area contributed by atoms with Crippen molar-refractivity contribution in [3.8, 4) is 22.8 Å². The fourth-order valence-corrected chi connectivity index (χ4v) is 3.02. The molecule has 4 N–H and O–H groups in total. The number of carbonyl (C=O) groups excluding carboxylic acids is 1. The number of nitrogen functional groups attached to an aromatic ring is 1. The molecule has 0 bridgehead atoms. The number of halogens is 5. The van der Waals surface area contributed by atoms with Crippen LogP contribution in [-0.4, -0.2) is 40.5 Å². The topological polar surface area (TPSA) is 115 Å². The summed E-state index contributed by atoms with van der Waals surface area (Å²) >= 11 is 5.92. The van der Waals surface area contributed by atoms with Crippen LogP contribution >= 0.6 is 11.6 Å². The third-order valence-electron chi connectivity index (χ3n) is 4.60. The molecule has 1 aromatic carbocycles. The number of rotatable bonds is 6. The molecule has 1 atom stereocenters. The van der Waals surface area contributed by atoms with Gasteiger partial charge in [-0.05, 0) is 38.1 Å². The lowest BCUT2D eigenvalue weighted by atomic mass is 10.0. The van der Waals surface area contributed by atoms with Gasteiger partial charge in [0.15, 0.2) is 17.7 Å². The number of amides is 1. The Bertz CT molecular complexity index is 1180. The van der Waals surface area contributed by atoms with Crippen molar-refractivity contribution in [2.24, 2.45) is 0 Å². The van der Waals surface area contributed by atoms with E-state index < -0.39 is 35.3 Å². The lowest BCUT2D eigenvalue weighted by Gasteiger charge is -2.20. The number of aromatic nitrogens is 3. The van der Waals surface area contributed by atoms with Gasteiger partial charge in [-0.2, -0.15) is 18.3 Å². The predicted octanol–water partition coefficient (Wildman–Crippen LogP) is 4.75. The number of hydrogen-bond donors (Lipinski definition) is 3. The van der Waals surface area contributed by atoms with Gasteiger partial charge in [-0.15, -0.1) is 0 Å². The number of carbonyl (C=O) groups is 1. The SMILES string of the molecule is COc1ccc(-c2cc(OC(C)C(F)(F)F)c(C(=O)Nc3c(C)n[nH]c3Cl)cc2F)nc1N. The highest BCUT2D eigenvalue weighted by Gasteiger charge is 2.39. The summed E-state index contributed by atoms with van der Waals surface area (Å²) in [5, 5.41) is 8.62. The zero-order valence-electron chi connectivity index (χ0n) is 17.5. The second kappa shape index (κ2) is 9.14. The Hall–Kier alpha value is -3.54. The third-order valence-corrected chi connectivity index (χ3v) is 4.88. The summed E-state index contributed by atoms with van der Waals surface area (Å²) in [7, 11) is 1.36. The maximum absolute atomic E-state index is 15.0. The van der Waals surface area contributed by atoms with Crippen LogP contribution in [0.15, 0.2) is 24.3 Å². The highest BCUT2D eigenvalue weighted by molar-refractivity contribution is 6.33. The van der Waals surface area contributed by atoms with Gasteiger partial charge in [0.1, 0.15) is 22.4 Å². The van der Waals surface area contributed by atoms with E-state index in [1.165, 1.54) is 26.2 Å². The molecule has 1 amide bonds. The summed E-state index contributed by atoms with van der Waals surface area (Å²) in [6, 6.07) is 4.47. The number of methoxy groups -OCH3 is 1. The Labute approximate surface area is 190 Å². The molecular formula is C20H18ClF4N5O3. The van der Waals surface area contributed by atoms with E-state index in [4.69, 9.17) is 26.8 Å². The average molecular weight is 488 g/mol. The molecule has 3 rings (SSSR count). The van der Waals surface area contributed by atoms with Crippen LogP contribution in [0, 0.1) is 12.7 Å². The monoisotopic (exact) mass is 487 g/mol. The van der Waals surface area contributed by atoms with E-state index >= 15 is 0 Å². The first-order valence-electron chi connectivity index (χ1n) is 9.32. The van der Waals surface area contributed by atoms with Crippen molar-refractivity contribution < 1.29 is 31.8 Å². The summed E-state index contributed by atoms with van der Waals surface area (Å²) in [6.45, 7) is 2.29. The van der Waals surface area contributed by atoms with Crippen LogP contribution in [0.4, 0.5) is 29.1 Å². The van der Waals surface area contributed by atoms with Crippen LogP contribution in [0.3, 0.4) is 0 Å². The predicted molar refractivity (Wildman–Crippen MR) is 113 cm³/mol. The van der Waals surface area contributed by atoms with E-state index in [2.05, 4.69) is 20.5 Å². The minimum atomic E-state index is -4.74. The summed E-state index contributed by atoms with van der Waals surface area (Å²) in [4.78, 5) is 16.8. The van der Waals surface area contributed by atoms with Crippen LogP contribution in [0.5, 0.6) is 11.5 Å². The maximum atomic E-state index is 15.0. The first kappa shape index (κ1) is 24.1. The van der Waals surface area contributed by atoms with E-state index in [0.717, 1.165) is 19.1 Å². The first-order valence-corrected chi connectivity index (χ1v) is 9.69. The number of benzene rings is 1. The molecule has 0 spiro atoms. The van der Waals surface area contributed by atoms with Gasteiger partial charge in [-0.3, -0.25) is 9.89 Å². The molecule has 0 aliphatic carbocycles. The quantitative estimate of drug-likeness (QED) is 0.432. The van der Waals surface area contributed by atoms with Gasteiger partial charge in [0.2, 0.25) is 0 Å². The fourth-order valence-electron chi connectivity index (χ4n) is 2.80. The second-order valence-electron chi connectivity index (χ2n) is 6.87. The zero-order valence-corrected chi connectivity index (χ0v) is 18.2. The summed E-state index contributed by atoms with van der Waals surface area (Å²) in [5.41, 5.74) is 5.42. The average Bonchev–Trinajstić information content (AvgIpc) is 3.05. The van der Waals surface area contributed by atoms with Crippen molar-refractivity contribution in [3.05, 3.63) is 46.5 Å². The highest BCUT2D eigenvalue weighted by atomic mass is 35.5. The third kappa shape index (κ3) is 5.11. The molecule has 2 heterocycles. The van der Waals surface area contributed by atoms with Gasteiger partial charge in [-0.1, -0.05) is 11.6 Å². The molecule has 33 heavy (non-hydrogen) atoms. The molecule has 0 aliphatic rings. The molecule has 176 valence electrons. The van der Waals surface area contributed by atoms with Gasteiger partial charge in [0.25, 0.3) is 5.91 Å². The molecule has 0 saturated carbocycles. The molecule has 3 aromatic rings. The molecular weight excluding hydrogens is 470 g/mol. The lowest BCUT2D eigenvalue weighted by molar-refractivity contribution is -0.189. The van der Waals surface area contributed by atoms with Gasteiger partial charge in [0.05, 0.1) is 24.1 Å². The Morgan fingerprint density at radius 1 is 1.27 bits per heavy atom. The Morgan fingerprint density at radius 3 is 2.52 bits per heavy atom. The highest BCUT2D eigenvalue weighted by Crippen LogP contribution is 2.35. The van der Waals surface area contributed by atoms with Crippen LogP contribution in [0.1, 0.15) is 23.0 Å². The fraction of sp³-hybridized carbons (Fsp3) is 0.250. The van der Waals surface area contributed by atoms with Crippen molar-refractivity contribution in [1.82, 2.24) is 15.2 Å². The molecule has 2 aromatic heterocycles. The number of nitrogens with zero attached hydrogens (tertiary/aromatic N) is 2. The van der Waals surface area contributed by atoms with Crippen molar-refractivity contribution in [3.63, 3.8) is 0 Å². The number of aromatic amines is 1. The zero-order chi connectivity index (χ0) is 24.5. The molecule has 0 aliphatic heterocycles. The number of ether oxygens (including phenoxy) is 2. The number of nitrogens with two attached hydrogens (primary N) is 1. The van der Waals surface area contributed by atoms with E-state index in [1.807, 2.05) is 0 Å². The number of pyridine rings is 1. The summed E-state index contributed by atoms with van der Waals surface area (Å²) in [5.74, 6) is -2.27. The van der Waals surface area contributed by atoms with Gasteiger partial charge >= 0.3 is 6.18 Å². The lowest BCUT2D eigenvalue weighted by Crippen LogP contribution is -2.32.